The number of sulfonamides is 1. The van der Waals surface area contributed by atoms with Crippen molar-refractivity contribution in [2.45, 2.75) is 6.92 Å². The lowest BCUT2D eigenvalue weighted by atomic mass is 10.1. The van der Waals surface area contributed by atoms with Gasteiger partial charge in [0.2, 0.25) is 10.0 Å². The molecule has 0 saturated heterocycles. The molecule has 0 fully saturated rings. The van der Waals surface area contributed by atoms with Crippen LogP contribution in [0.15, 0.2) is 53.6 Å². The molecule has 2 aromatic rings. The maximum atomic E-state index is 12.1. The number of anilines is 1. The Balaban J connectivity index is 2.03. The largest absolute Gasteiger partial charge is 0.478 e. The summed E-state index contributed by atoms with van der Waals surface area (Å²) in [5, 5.41) is 12.6. The number of hydrazone groups is 1. The van der Waals surface area contributed by atoms with Gasteiger partial charge in [-0.05, 0) is 36.8 Å². The van der Waals surface area contributed by atoms with Gasteiger partial charge < -0.3 is 5.11 Å². The van der Waals surface area contributed by atoms with Gasteiger partial charge in [-0.25, -0.2) is 18.6 Å². The first-order chi connectivity index (χ1) is 12.7. The molecule has 0 atom stereocenters. The second-order valence-corrected chi connectivity index (χ2v) is 7.73. The van der Waals surface area contributed by atoms with Crippen LogP contribution in [0, 0.1) is 6.92 Å². The highest BCUT2D eigenvalue weighted by Crippen LogP contribution is 2.17. The van der Waals surface area contributed by atoms with E-state index in [9.17, 15) is 18.0 Å². The first kappa shape index (κ1) is 20.1. The number of hydrogen-bond acceptors (Lipinski definition) is 5. The Morgan fingerprint density at radius 1 is 1.11 bits per heavy atom. The molecular weight excluding hydrogens is 370 g/mol. The van der Waals surface area contributed by atoms with Crippen molar-refractivity contribution in [1.82, 2.24) is 5.43 Å². The Kier molecular flexibility index (Phi) is 6.30. The van der Waals surface area contributed by atoms with Crippen molar-refractivity contribution >= 4 is 33.8 Å². The summed E-state index contributed by atoms with van der Waals surface area (Å²) >= 11 is 0. The first-order valence-electron chi connectivity index (χ1n) is 7.86. The predicted octanol–water partition coefficient (Wildman–Crippen LogP) is 1.61. The molecule has 0 radical (unpaired) electrons. The van der Waals surface area contributed by atoms with Crippen molar-refractivity contribution in [2.75, 3.05) is 17.1 Å². The monoisotopic (exact) mass is 389 g/mol. The summed E-state index contributed by atoms with van der Waals surface area (Å²) in [6.45, 7) is 1.45. The van der Waals surface area contributed by atoms with E-state index in [4.69, 9.17) is 5.11 Å². The van der Waals surface area contributed by atoms with E-state index in [1.54, 1.807) is 24.3 Å². The van der Waals surface area contributed by atoms with E-state index in [1.807, 2.05) is 6.92 Å². The molecule has 0 unspecified atom stereocenters. The van der Waals surface area contributed by atoms with Crippen LogP contribution in [-0.4, -0.2) is 44.4 Å². The van der Waals surface area contributed by atoms with Crippen molar-refractivity contribution in [3.63, 3.8) is 0 Å². The number of rotatable bonds is 7. The second-order valence-electron chi connectivity index (χ2n) is 5.83. The average molecular weight is 389 g/mol. The van der Waals surface area contributed by atoms with Crippen LogP contribution in [0.1, 0.15) is 21.5 Å². The summed E-state index contributed by atoms with van der Waals surface area (Å²) in [4.78, 5) is 22.9. The van der Waals surface area contributed by atoms with Crippen molar-refractivity contribution in [2.24, 2.45) is 5.10 Å². The fraction of sp³-hybridized carbons (Fsp3) is 0.167. The minimum atomic E-state index is -3.65. The van der Waals surface area contributed by atoms with Crippen molar-refractivity contribution in [3.05, 3.63) is 65.2 Å². The van der Waals surface area contributed by atoms with Crippen LogP contribution in [0.5, 0.6) is 0 Å². The number of carbonyl (C=O) groups is 2. The fourth-order valence-corrected chi connectivity index (χ4v) is 3.02. The predicted molar refractivity (Wildman–Crippen MR) is 103 cm³/mol. The molecule has 142 valence electrons. The van der Waals surface area contributed by atoms with Crippen LogP contribution < -0.4 is 9.73 Å². The van der Waals surface area contributed by atoms with Gasteiger partial charge in [0.25, 0.3) is 5.91 Å². The zero-order valence-corrected chi connectivity index (χ0v) is 15.6. The molecule has 2 N–H and O–H groups in total. The van der Waals surface area contributed by atoms with Gasteiger partial charge in [-0.3, -0.25) is 9.10 Å². The highest BCUT2D eigenvalue weighted by Gasteiger charge is 2.20. The lowest BCUT2D eigenvalue weighted by Gasteiger charge is -2.21. The van der Waals surface area contributed by atoms with Crippen LogP contribution in [-0.2, 0) is 14.8 Å². The van der Waals surface area contributed by atoms with Crippen LogP contribution in [0.25, 0.3) is 0 Å². The fourth-order valence-electron chi connectivity index (χ4n) is 2.17. The number of aromatic carboxylic acids is 1. The molecule has 0 bridgehead atoms. The van der Waals surface area contributed by atoms with E-state index >= 15 is 0 Å². The number of carboxylic acids is 1. The van der Waals surface area contributed by atoms with Gasteiger partial charge in [0.1, 0.15) is 6.54 Å². The molecule has 1 amide bonds. The van der Waals surface area contributed by atoms with Crippen LogP contribution >= 0.6 is 0 Å². The van der Waals surface area contributed by atoms with E-state index in [1.165, 1.54) is 30.5 Å². The van der Waals surface area contributed by atoms with Crippen LogP contribution in [0.2, 0.25) is 0 Å². The number of benzene rings is 2. The molecule has 2 aromatic carbocycles. The minimum Gasteiger partial charge on any atom is -0.478 e. The molecule has 0 aliphatic rings. The number of carboxylic acid groups (broad SMARTS) is 1. The van der Waals surface area contributed by atoms with Crippen molar-refractivity contribution < 1.29 is 23.1 Å². The molecule has 27 heavy (non-hydrogen) atoms. The van der Waals surface area contributed by atoms with Gasteiger partial charge in [0.15, 0.2) is 0 Å². The molecule has 9 heteroatoms. The number of aryl methyl sites for hydroxylation is 1. The van der Waals surface area contributed by atoms with Gasteiger partial charge in [0, 0.05) is 0 Å². The summed E-state index contributed by atoms with van der Waals surface area (Å²) in [5.41, 5.74) is 4.33. The normalized spacial score (nSPS) is 11.3. The number of hydrogen-bond donors (Lipinski definition) is 2. The van der Waals surface area contributed by atoms with Gasteiger partial charge in [-0.1, -0.05) is 29.8 Å². The topological polar surface area (TPSA) is 116 Å². The Hall–Kier alpha value is -3.20. The summed E-state index contributed by atoms with van der Waals surface area (Å²) in [5.74, 6) is -1.65. The molecule has 0 spiro atoms. The molecule has 0 aliphatic carbocycles. The third-order valence-electron chi connectivity index (χ3n) is 3.57. The van der Waals surface area contributed by atoms with Crippen molar-refractivity contribution in [3.8, 4) is 0 Å². The third kappa shape index (κ3) is 5.93. The molecule has 0 aliphatic heterocycles. The highest BCUT2D eigenvalue weighted by molar-refractivity contribution is 7.92. The third-order valence-corrected chi connectivity index (χ3v) is 4.71. The summed E-state index contributed by atoms with van der Waals surface area (Å²) in [6.07, 6.45) is 2.35. The Morgan fingerprint density at radius 3 is 2.22 bits per heavy atom. The Bertz CT molecular complexity index is 951. The molecule has 2 rings (SSSR count). The lowest BCUT2D eigenvalue weighted by molar-refractivity contribution is -0.119. The van der Waals surface area contributed by atoms with E-state index in [0.29, 0.717) is 11.3 Å². The zero-order chi connectivity index (χ0) is 20.0. The quantitative estimate of drug-likeness (QED) is 0.551. The van der Waals surface area contributed by atoms with Gasteiger partial charge in [-0.15, -0.1) is 0 Å². The van der Waals surface area contributed by atoms with E-state index in [0.717, 1.165) is 16.1 Å². The zero-order valence-electron chi connectivity index (χ0n) is 14.8. The number of nitrogens with one attached hydrogen (secondary N) is 1. The number of amides is 1. The minimum absolute atomic E-state index is 0.137. The maximum Gasteiger partial charge on any atom is 0.335 e. The molecular formula is C18H19N3O5S. The SMILES string of the molecule is Cc1ccc(N(CC(=O)N/N=C\c2ccc(C(=O)O)cc2)S(C)(=O)=O)cc1. The van der Waals surface area contributed by atoms with Crippen LogP contribution in [0.4, 0.5) is 5.69 Å². The highest BCUT2D eigenvalue weighted by atomic mass is 32.2. The number of nitrogens with zero attached hydrogens (tertiary/aromatic N) is 2. The van der Waals surface area contributed by atoms with Gasteiger partial charge in [0.05, 0.1) is 23.7 Å². The first-order valence-corrected chi connectivity index (χ1v) is 9.71. The summed E-state index contributed by atoms with van der Waals surface area (Å²) < 4.78 is 25.0. The van der Waals surface area contributed by atoms with E-state index < -0.39 is 28.4 Å². The van der Waals surface area contributed by atoms with Crippen molar-refractivity contribution in [1.29, 1.82) is 0 Å². The number of carbonyl (C=O) groups excluding carboxylic acids is 1. The summed E-state index contributed by atoms with van der Waals surface area (Å²) in [6, 6.07) is 12.6. The molecule has 0 heterocycles. The summed E-state index contributed by atoms with van der Waals surface area (Å²) in [7, 11) is -3.65. The van der Waals surface area contributed by atoms with Gasteiger partial charge >= 0.3 is 5.97 Å². The van der Waals surface area contributed by atoms with Crippen LogP contribution in [0.3, 0.4) is 0 Å². The van der Waals surface area contributed by atoms with E-state index in [-0.39, 0.29) is 5.56 Å². The standard InChI is InChI=1S/C18H19N3O5S/c1-13-3-9-16(10-4-13)21(27(2,25)26)12-17(22)20-19-11-14-5-7-15(8-6-14)18(23)24/h3-11H,12H2,1-2H3,(H,20,22)(H,23,24)/b19-11-. The van der Waals surface area contributed by atoms with Gasteiger partial charge in [-0.2, -0.15) is 5.10 Å². The maximum absolute atomic E-state index is 12.1. The Labute approximate surface area is 157 Å². The molecule has 8 nitrogen and oxygen atoms in total. The average Bonchev–Trinajstić information content (AvgIpc) is 2.60. The smallest absolute Gasteiger partial charge is 0.335 e. The molecule has 0 aromatic heterocycles. The van der Waals surface area contributed by atoms with E-state index in [2.05, 4.69) is 10.5 Å². The molecule has 0 saturated carbocycles. The lowest BCUT2D eigenvalue weighted by Crippen LogP contribution is -2.39. The Morgan fingerprint density at radius 2 is 1.70 bits per heavy atom. The second kappa shape index (κ2) is 8.45.